The summed E-state index contributed by atoms with van der Waals surface area (Å²) in [5.41, 5.74) is 0.810. The van der Waals surface area contributed by atoms with Gasteiger partial charge in [-0.3, -0.25) is 0 Å². The zero-order valence-corrected chi connectivity index (χ0v) is 7.13. The molecular weight excluding hydrogens is 166 g/mol. The van der Waals surface area contributed by atoms with E-state index in [-0.39, 0.29) is 0 Å². The van der Waals surface area contributed by atoms with E-state index in [2.05, 4.69) is 12.6 Å². The van der Waals surface area contributed by atoms with Gasteiger partial charge in [-0.15, -0.1) is 12.6 Å². The van der Waals surface area contributed by atoms with Crippen LogP contribution in [-0.2, 0) is 0 Å². The van der Waals surface area contributed by atoms with Crippen LogP contribution < -0.4 is 4.74 Å². The summed E-state index contributed by atoms with van der Waals surface area (Å²) in [7, 11) is 1.60. The highest BCUT2D eigenvalue weighted by molar-refractivity contribution is 7.83. The van der Waals surface area contributed by atoms with E-state index in [4.69, 9.17) is 10.1 Å². The van der Waals surface area contributed by atoms with Crippen LogP contribution in [0.3, 0.4) is 0 Å². The fourth-order valence-corrected chi connectivity index (χ4v) is 1.67. The van der Waals surface area contributed by atoms with Crippen molar-refractivity contribution in [2.24, 2.45) is 0 Å². The second-order valence-corrected chi connectivity index (χ2v) is 3.44. The molecule has 0 bridgehead atoms. The second-order valence-electron chi connectivity index (χ2n) is 1.67. The van der Waals surface area contributed by atoms with Crippen LogP contribution in [0.1, 0.15) is 5.56 Å². The largest absolute Gasteiger partial charge is 0.487 e. The maximum atomic E-state index is 6.95. The molecule has 0 spiro atoms. The third kappa shape index (κ3) is 1.33. The van der Waals surface area contributed by atoms with E-state index in [1.807, 2.05) is 0 Å². The van der Waals surface area contributed by atoms with E-state index in [1.54, 1.807) is 13.2 Å². The van der Waals surface area contributed by atoms with Crippen molar-refractivity contribution in [1.29, 1.82) is 5.41 Å². The lowest BCUT2D eigenvalue weighted by Gasteiger charge is -1.87. The number of rotatable bonds is 2. The quantitative estimate of drug-likeness (QED) is 0.520. The van der Waals surface area contributed by atoms with Crippen molar-refractivity contribution in [2.45, 2.75) is 4.21 Å². The minimum Gasteiger partial charge on any atom is -0.487 e. The van der Waals surface area contributed by atoms with Crippen molar-refractivity contribution in [3.8, 4) is 5.06 Å². The highest BCUT2D eigenvalue weighted by atomic mass is 32.2. The number of nitrogens with one attached hydrogen (secondary N) is 1. The molecule has 10 heavy (non-hydrogen) atoms. The standard InChI is InChI=1S/C6H7NOS2/c1-8-5-2-4(3-7)6(9)10-5/h2-3,7,9H,1H3. The van der Waals surface area contributed by atoms with Crippen LogP contribution >= 0.6 is 24.0 Å². The normalized spacial score (nSPS) is 9.40. The van der Waals surface area contributed by atoms with Gasteiger partial charge in [-0.2, -0.15) is 0 Å². The molecule has 0 unspecified atom stereocenters. The van der Waals surface area contributed by atoms with Gasteiger partial charge in [0.15, 0.2) is 5.06 Å². The number of hydrogen-bond acceptors (Lipinski definition) is 4. The van der Waals surface area contributed by atoms with Gasteiger partial charge in [-0.25, -0.2) is 0 Å². The highest BCUT2D eigenvalue weighted by Crippen LogP contribution is 2.30. The summed E-state index contributed by atoms with van der Waals surface area (Å²) < 4.78 is 5.77. The summed E-state index contributed by atoms with van der Waals surface area (Å²) in [6.45, 7) is 0. The molecule has 0 saturated carbocycles. The summed E-state index contributed by atoms with van der Waals surface area (Å²) in [6.07, 6.45) is 1.27. The highest BCUT2D eigenvalue weighted by Gasteiger charge is 2.02. The molecule has 1 N–H and O–H groups in total. The van der Waals surface area contributed by atoms with Crippen LogP contribution in [0, 0.1) is 5.41 Å². The maximum Gasteiger partial charge on any atom is 0.175 e. The molecule has 0 atom stereocenters. The molecule has 0 aromatic carbocycles. The maximum absolute atomic E-state index is 6.95. The molecule has 0 aliphatic heterocycles. The van der Waals surface area contributed by atoms with E-state index < -0.39 is 0 Å². The Hall–Kier alpha value is -0.480. The molecule has 0 aliphatic carbocycles. The zero-order chi connectivity index (χ0) is 7.56. The predicted octanol–water partition coefficient (Wildman–Crippen LogP) is 2.04. The molecule has 4 heteroatoms. The molecule has 54 valence electrons. The van der Waals surface area contributed by atoms with Gasteiger partial charge in [-0.05, 0) is 0 Å². The smallest absolute Gasteiger partial charge is 0.175 e. The summed E-state index contributed by atoms with van der Waals surface area (Å²) >= 11 is 5.57. The van der Waals surface area contributed by atoms with Crippen molar-refractivity contribution in [2.75, 3.05) is 7.11 Å². The predicted molar refractivity (Wildman–Crippen MR) is 46.0 cm³/mol. The van der Waals surface area contributed by atoms with Gasteiger partial charge in [0.25, 0.3) is 0 Å². The molecule has 0 saturated heterocycles. The van der Waals surface area contributed by atoms with Crippen LogP contribution in [0.2, 0.25) is 0 Å². The minimum atomic E-state index is 0.795. The molecule has 1 aromatic rings. The van der Waals surface area contributed by atoms with Crippen molar-refractivity contribution in [3.63, 3.8) is 0 Å². The van der Waals surface area contributed by atoms with Gasteiger partial charge in [0.2, 0.25) is 0 Å². The average Bonchev–Trinajstić information content (AvgIpc) is 2.30. The summed E-state index contributed by atoms with van der Waals surface area (Å²) in [4.78, 5) is 0. The molecular formula is C6H7NOS2. The molecule has 1 rings (SSSR count). The number of thiol groups is 1. The lowest BCUT2D eigenvalue weighted by atomic mass is 10.4. The van der Waals surface area contributed by atoms with Gasteiger partial charge in [0.05, 0.1) is 11.3 Å². The number of thiophene rings is 1. The monoisotopic (exact) mass is 173 g/mol. The first-order valence-electron chi connectivity index (χ1n) is 2.65. The summed E-state index contributed by atoms with van der Waals surface area (Å²) in [5.74, 6) is 0. The van der Waals surface area contributed by atoms with Crippen LogP contribution in [0.25, 0.3) is 0 Å². The molecule has 0 aliphatic rings. The topological polar surface area (TPSA) is 33.1 Å². The first-order chi connectivity index (χ1) is 4.77. The number of ether oxygens (including phenoxy) is 1. The Bertz CT molecular complexity index is 244. The lowest BCUT2D eigenvalue weighted by molar-refractivity contribution is 0.427. The second kappa shape index (κ2) is 3.07. The van der Waals surface area contributed by atoms with E-state index >= 15 is 0 Å². The third-order valence-electron chi connectivity index (χ3n) is 1.07. The van der Waals surface area contributed by atoms with Gasteiger partial charge >= 0.3 is 0 Å². The first kappa shape index (κ1) is 7.63. The van der Waals surface area contributed by atoms with Crippen molar-refractivity contribution in [3.05, 3.63) is 11.6 Å². The molecule has 1 heterocycles. The molecule has 1 aromatic heterocycles. The lowest BCUT2D eigenvalue weighted by Crippen LogP contribution is -1.75. The Kier molecular flexibility index (Phi) is 2.34. The summed E-state index contributed by atoms with van der Waals surface area (Å²) in [5, 5.41) is 7.75. The van der Waals surface area contributed by atoms with Gasteiger partial charge in [-0.1, -0.05) is 11.3 Å². The third-order valence-corrected chi connectivity index (χ3v) is 2.52. The van der Waals surface area contributed by atoms with Crippen LogP contribution in [0.15, 0.2) is 10.3 Å². The SMILES string of the molecule is COc1cc(C=N)c(S)s1. The Morgan fingerprint density at radius 1 is 1.80 bits per heavy atom. The van der Waals surface area contributed by atoms with Gasteiger partial charge < -0.3 is 10.1 Å². The van der Waals surface area contributed by atoms with Crippen LogP contribution in [0.4, 0.5) is 0 Å². The molecule has 2 nitrogen and oxygen atoms in total. The van der Waals surface area contributed by atoms with E-state index in [1.165, 1.54) is 17.6 Å². The van der Waals surface area contributed by atoms with Crippen LogP contribution in [-0.4, -0.2) is 13.3 Å². The Morgan fingerprint density at radius 2 is 2.50 bits per heavy atom. The Balaban J connectivity index is 3.03. The first-order valence-corrected chi connectivity index (χ1v) is 3.91. The minimum absolute atomic E-state index is 0.795. The zero-order valence-electron chi connectivity index (χ0n) is 5.42. The van der Waals surface area contributed by atoms with E-state index in [0.29, 0.717) is 0 Å². The van der Waals surface area contributed by atoms with Gasteiger partial charge in [0.1, 0.15) is 0 Å². The van der Waals surface area contributed by atoms with Gasteiger partial charge in [0, 0.05) is 17.8 Å². The average molecular weight is 173 g/mol. The summed E-state index contributed by atoms with van der Waals surface area (Å²) in [6, 6.07) is 1.79. The fraction of sp³-hybridized carbons (Fsp3) is 0.167. The van der Waals surface area contributed by atoms with E-state index in [0.717, 1.165) is 14.8 Å². The van der Waals surface area contributed by atoms with E-state index in [9.17, 15) is 0 Å². The molecule has 0 radical (unpaired) electrons. The number of methoxy groups -OCH3 is 1. The Morgan fingerprint density at radius 3 is 2.80 bits per heavy atom. The van der Waals surface area contributed by atoms with Crippen molar-refractivity contribution >= 4 is 30.2 Å². The Labute approximate surface area is 68.8 Å². The molecule has 0 fully saturated rings. The van der Waals surface area contributed by atoms with Crippen molar-refractivity contribution < 1.29 is 4.74 Å². The van der Waals surface area contributed by atoms with Crippen LogP contribution in [0.5, 0.6) is 5.06 Å². The number of hydrogen-bond donors (Lipinski definition) is 2. The molecule has 0 amide bonds. The van der Waals surface area contributed by atoms with Crippen molar-refractivity contribution in [1.82, 2.24) is 0 Å². The fourth-order valence-electron chi connectivity index (χ4n) is 0.576.